The number of nitrogens with zero attached hydrogens (tertiary/aromatic N) is 1. The highest BCUT2D eigenvalue weighted by atomic mass is 33.5. The van der Waals surface area contributed by atoms with Crippen molar-refractivity contribution in [1.29, 1.82) is 0 Å². The number of hydrogen-bond donors (Lipinski definition) is 6. The molecule has 1 unspecified atom stereocenters. The molecular weight excluding hydrogens is 538 g/mol. The average Bonchev–Trinajstić information content (AvgIpc) is 2.69. The van der Waals surface area contributed by atoms with Crippen LogP contribution >= 0.6 is 40.8 Å². The van der Waals surface area contributed by atoms with Gasteiger partial charge in [-0.1, -0.05) is 23.6 Å². The van der Waals surface area contributed by atoms with Crippen molar-refractivity contribution in [2.75, 3.05) is 28.1 Å². The molecule has 6 nitrogen and oxygen atoms in total. The number of amides is 1. The summed E-state index contributed by atoms with van der Waals surface area (Å²) in [4.78, 5) is 12.5. The van der Waals surface area contributed by atoms with E-state index < -0.39 is 38.0 Å². The van der Waals surface area contributed by atoms with Crippen LogP contribution in [0.15, 0.2) is 42.5 Å². The smallest absolute Gasteiger partial charge is 0.352 e. The number of thiol groups is 2. The molecule has 0 bridgehead atoms. The molecule has 190 valence electrons. The Hall–Kier alpha value is -1.60. The Morgan fingerprint density at radius 3 is 2.26 bits per heavy atom. The zero-order chi connectivity index (χ0) is 25.7. The van der Waals surface area contributed by atoms with Crippen molar-refractivity contribution in [2.24, 2.45) is 0 Å². The van der Waals surface area contributed by atoms with Crippen LogP contribution in [0.2, 0.25) is 0 Å². The molecule has 0 saturated carbocycles. The van der Waals surface area contributed by atoms with Crippen LogP contribution in [0.4, 0.5) is 39.0 Å². The number of hydrogen-bond acceptors (Lipinski definition) is 7. The SMILES string of the molecule is CS(S)(S)Nc1ccc(N(O)Nc2cc(C(F)(F)P)ccc2C(=O)NCCCC(F)(F)F)cc1. The number of carbonyl (C=O) groups is 1. The number of benzene rings is 2. The van der Waals surface area contributed by atoms with Gasteiger partial charge in [0.15, 0.2) is 0 Å². The molecule has 1 atom stereocenters. The number of hydrazine groups is 1. The Morgan fingerprint density at radius 1 is 1.12 bits per heavy atom. The lowest BCUT2D eigenvalue weighted by Crippen LogP contribution is -2.30. The minimum absolute atomic E-state index is 0.146. The van der Waals surface area contributed by atoms with Gasteiger partial charge < -0.3 is 10.0 Å². The van der Waals surface area contributed by atoms with Crippen molar-refractivity contribution in [3.8, 4) is 0 Å². The van der Waals surface area contributed by atoms with Gasteiger partial charge in [-0.3, -0.25) is 15.4 Å². The van der Waals surface area contributed by atoms with E-state index in [-0.39, 0.29) is 29.9 Å². The van der Waals surface area contributed by atoms with Gasteiger partial charge in [-0.15, -0.1) is 23.3 Å². The van der Waals surface area contributed by atoms with Gasteiger partial charge in [0.05, 0.1) is 16.9 Å². The summed E-state index contributed by atoms with van der Waals surface area (Å²) in [5.74, 6) is -0.791. The van der Waals surface area contributed by atoms with Crippen molar-refractivity contribution >= 4 is 63.8 Å². The van der Waals surface area contributed by atoms with Crippen molar-refractivity contribution in [1.82, 2.24) is 5.32 Å². The van der Waals surface area contributed by atoms with Crippen LogP contribution in [-0.2, 0) is 5.66 Å². The van der Waals surface area contributed by atoms with E-state index in [4.69, 9.17) is 0 Å². The first-order valence-electron chi connectivity index (χ1n) is 9.58. The van der Waals surface area contributed by atoms with E-state index in [1.54, 1.807) is 18.4 Å². The first-order chi connectivity index (χ1) is 15.5. The summed E-state index contributed by atoms with van der Waals surface area (Å²) in [6, 6.07) is 9.34. The van der Waals surface area contributed by atoms with E-state index in [0.29, 0.717) is 10.9 Å². The monoisotopic (exact) mass is 562 g/mol. The summed E-state index contributed by atoms with van der Waals surface area (Å²) >= 11 is 8.63. The number of nitrogens with one attached hydrogen (secondary N) is 3. The Balaban J connectivity index is 2.21. The third-order valence-electron chi connectivity index (χ3n) is 4.22. The molecule has 4 N–H and O–H groups in total. The number of alkyl halides is 5. The van der Waals surface area contributed by atoms with Gasteiger partial charge in [-0.25, -0.2) is 0 Å². The third kappa shape index (κ3) is 9.57. The Kier molecular flexibility index (Phi) is 9.62. The van der Waals surface area contributed by atoms with Gasteiger partial charge in [0.2, 0.25) is 0 Å². The highest BCUT2D eigenvalue weighted by molar-refractivity contribution is 9.18. The molecule has 0 aliphatic carbocycles. The zero-order valence-corrected chi connectivity index (χ0v) is 21.5. The summed E-state index contributed by atoms with van der Waals surface area (Å²) in [7, 11) is -0.278. The molecule has 0 aromatic heterocycles. The van der Waals surface area contributed by atoms with Gasteiger partial charge in [-0.05, 0) is 49.1 Å². The fourth-order valence-corrected chi connectivity index (χ4v) is 4.10. The van der Waals surface area contributed by atoms with Crippen molar-refractivity contribution < 1.29 is 32.0 Å². The average molecular weight is 563 g/mol. The second kappa shape index (κ2) is 11.4. The zero-order valence-electron chi connectivity index (χ0n) is 17.7. The molecule has 2 rings (SSSR count). The van der Waals surface area contributed by atoms with E-state index in [0.717, 1.165) is 18.2 Å². The molecule has 2 aromatic rings. The standard InChI is InChI=1S/C19H24F5N4O2PS3/c1-34(32,33)27-13-4-6-14(7-5-13)28(30)26-16-11-12(19(23,24)31)3-8-15(16)17(29)25-10-2-9-18(20,21)22/h3-8,11,26-27,30,32-33H,2,9-10,31H2,1H3,(H,25,29). The van der Waals surface area contributed by atoms with E-state index >= 15 is 0 Å². The lowest BCUT2D eigenvalue weighted by atomic mass is 10.1. The highest BCUT2D eigenvalue weighted by Crippen LogP contribution is 2.52. The van der Waals surface area contributed by atoms with Crippen LogP contribution in [0, 0.1) is 0 Å². The summed E-state index contributed by atoms with van der Waals surface area (Å²) in [6.07, 6.45) is -3.98. The molecule has 15 heteroatoms. The molecule has 0 aliphatic heterocycles. The largest absolute Gasteiger partial charge is 0.389 e. The first kappa shape index (κ1) is 28.6. The van der Waals surface area contributed by atoms with Crippen molar-refractivity contribution in [3.63, 3.8) is 0 Å². The minimum atomic E-state index is -4.36. The molecule has 34 heavy (non-hydrogen) atoms. The summed E-state index contributed by atoms with van der Waals surface area (Å²) < 4.78 is 67.5. The van der Waals surface area contributed by atoms with Crippen LogP contribution in [-0.4, -0.2) is 30.1 Å². The second-order valence-electron chi connectivity index (χ2n) is 7.26. The summed E-state index contributed by atoms with van der Waals surface area (Å²) in [6.45, 7) is -0.270. The predicted molar refractivity (Wildman–Crippen MR) is 137 cm³/mol. The normalized spacial score (nSPS) is 12.8. The maximum absolute atomic E-state index is 13.8. The maximum atomic E-state index is 13.8. The number of rotatable bonds is 10. The van der Waals surface area contributed by atoms with Crippen LogP contribution in [0.3, 0.4) is 0 Å². The van der Waals surface area contributed by atoms with Crippen LogP contribution in [0.25, 0.3) is 0 Å². The molecule has 0 aliphatic rings. The van der Waals surface area contributed by atoms with Crippen LogP contribution in [0.1, 0.15) is 28.8 Å². The molecule has 0 saturated heterocycles. The van der Waals surface area contributed by atoms with Crippen LogP contribution in [0.5, 0.6) is 0 Å². The van der Waals surface area contributed by atoms with Crippen molar-refractivity contribution in [2.45, 2.75) is 24.7 Å². The quantitative estimate of drug-likeness (QED) is 0.0508. The molecule has 0 radical (unpaired) electrons. The molecule has 0 fully saturated rings. The van der Waals surface area contributed by atoms with E-state index in [1.807, 2.05) is 0 Å². The van der Waals surface area contributed by atoms with E-state index in [1.165, 1.54) is 21.4 Å². The topological polar surface area (TPSA) is 76.6 Å². The lowest BCUT2D eigenvalue weighted by molar-refractivity contribution is -0.135. The minimum Gasteiger partial charge on any atom is -0.352 e. The number of anilines is 3. The molecular formula is C19H24F5N4O2PS3. The van der Waals surface area contributed by atoms with Crippen LogP contribution < -0.4 is 20.6 Å². The van der Waals surface area contributed by atoms with Gasteiger partial charge >= 0.3 is 6.18 Å². The summed E-state index contributed by atoms with van der Waals surface area (Å²) in [5.41, 5.74) is -0.771. The van der Waals surface area contributed by atoms with Gasteiger partial charge in [0.25, 0.3) is 11.6 Å². The lowest BCUT2D eigenvalue weighted by Gasteiger charge is -2.26. The van der Waals surface area contributed by atoms with Crippen molar-refractivity contribution in [3.05, 3.63) is 53.6 Å². The van der Waals surface area contributed by atoms with Gasteiger partial charge in [0, 0.05) is 24.2 Å². The third-order valence-corrected chi connectivity index (χ3v) is 5.72. The number of halogens is 5. The van der Waals surface area contributed by atoms with Gasteiger partial charge in [0.1, 0.15) is 0 Å². The maximum Gasteiger partial charge on any atom is 0.389 e. The molecule has 1 amide bonds. The molecule has 0 heterocycles. The van der Waals surface area contributed by atoms with E-state index in [9.17, 15) is 32.0 Å². The van der Waals surface area contributed by atoms with E-state index in [2.05, 4.69) is 38.8 Å². The second-order valence-corrected chi connectivity index (χ2v) is 15.1. The summed E-state index contributed by atoms with van der Waals surface area (Å²) in [5, 5.41) is 13.3. The molecule has 0 spiro atoms. The highest BCUT2D eigenvalue weighted by Gasteiger charge is 2.28. The Morgan fingerprint density at radius 2 is 1.74 bits per heavy atom. The molecule has 2 aromatic carbocycles. The fourth-order valence-electron chi connectivity index (χ4n) is 2.70. The Labute approximate surface area is 207 Å². The fraction of sp³-hybridized carbons (Fsp3) is 0.316. The Bertz CT molecular complexity index is 986. The predicted octanol–water partition coefficient (Wildman–Crippen LogP) is 6.36. The van der Waals surface area contributed by atoms with Gasteiger partial charge in [-0.2, -0.15) is 27.1 Å². The number of carbonyl (C=O) groups excluding carboxylic acids is 1. The first-order valence-corrected chi connectivity index (χ1v) is 14.3.